The van der Waals surface area contributed by atoms with Crippen LogP contribution in [-0.2, 0) is 0 Å². The lowest BCUT2D eigenvalue weighted by Gasteiger charge is -2.04. The van der Waals surface area contributed by atoms with Gasteiger partial charge in [-0.1, -0.05) is 35.9 Å². The zero-order valence-electron chi connectivity index (χ0n) is 11.2. The Kier molecular flexibility index (Phi) is 3.65. The monoisotopic (exact) mass is 316 g/mol. The normalized spacial score (nSPS) is 10.6. The molecule has 6 heteroatoms. The molecule has 22 heavy (non-hydrogen) atoms. The molecule has 2 aromatic carbocycles. The van der Waals surface area contributed by atoms with Crippen LogP contribution >= 0.6 is 11.6 Å². The van der Waals surface area contributed by atoms with Crippen LogP contribution in [0.15, 0.2) is 48.7 Å². The van der Waals surface area contributed by atoms with Crippen LogP contribution < -0.4 is 0 Å². The molecule has 4 nitrogen and oxygen atoms in total. The predicted molar refractivity (Wildman–Crippen MR) is 81.4 cm³/mol. The smallest absolute Gasteiger partial charge is 0.336 e. The first kappa shape index (κ1) is 14.3. The highest BCUT2D eigenvalue weighted by Gasteiger charge is 2.16. The standard InChI is InChI=1S/C16H10ClFN2O2/c17-11-6-3-7-12(18)14(11)15-19-8-13(20-15)9-4-1-2-5-10(9)16(21)22/h1-8H,(H,19,20)(H,21,22). The van der Waals surface area contributed by atoms with Crippen molar-refractivity contribution in [1.82, 2.24) is 9.97 Å². The molecule has 0 amide bonds. The van der Waals surface area contributed by atoms with Gasteiger partial charge in [0, 0.05) is 5.56 Å². The fourth-order valence-corrected chi connectivity index (χ4v) is 2.47. The predicted octanol–water partition coefficient (Wildman–Crippen LogP) is 4.23. The Hall–Kier alpha value is -2.66. The summed E-state index contributed by atoms with van der Waals surface area (Å²) in [7, 11) is 0. The van der Waals surface area contributed by atoms with Gasteiger partial charge in [0.25, 0.3) is 0 Å². The number of hydrogen-bond acceptors (Lipinski definition) is 2. The number of aromatic nitrogens is 2. The van der Waals surface area contributed by atoms with Gasteiger partial charge < -0.3 is 10.1 Å². The summed E-state index contributed by atoms with van der Waals surface area (Å²) in [5, 5.41) is 9.45. The number of carboxylic acid groups (broad SMARTS) is 1. The maximum atomic E-state index is 13.9. The number of hydrogen-bond donors (Lipinski definition) is 2. The van der Waals surface area contributed by atoms with E-state index < -0.39 is 11.8 Å². The third-order valence-electron chi connectivity index (χ3n) is 3.22. The summed E-state index contributed by atoms with van der Waals surface area (Å²) >= 11 is 6.01. The number of carboxylic acids is 1. The third kappa shape index (κ3) is 2.46. The Labute approximate surface area is 130 Å². The Bertz CT molecular complexity index is 841. The van der Waals surface area contributed by atoms with Gasteiger partial charge in [0.1, 0.15) is 11.6 Å². The van der Waals surface area contributed by atoms with Crippen LogP contribution in [0.2, 0.25) is 5.02 Å². The van der Waals surface area contributed by atoms with Crippen LogP contribution in [0.4, 0.5) is 4.39 Å². The average Bonchev–Trinajstić information content (AvgIpc) is 2.96. The molecule has 3 rings (SSSR count). The molecule has 110 valence electrons. The van der Waals surface area contributed by atoms with E-state index in [9.17, 15) is 14.3 Å². The number of nitrogens with zero attached hydrogens (tertiary/aromatic N) is 1. The Balaban J connectivity index is 2.11. The number of aromatic carboxylic acids is 1. The first-order valence-corrected chi connectivity index (χ1v) is 6.78. The summed E-state index contributed by atoms with van der Waals surface area (Å²) in [5.41, 5.74) is 1.24. The van der Waals surface area contributed by atoms with Gasteiger partial charge in [0.2, 0.25) is 0 Å². The number of benzene rings is 2. The topological polar surface area (TPSA) is 66.0 Å². The van der Waals surface area contributed by atoms with Gasteiger partial charge in [-0.2, -0.15) is 0 Å². The molecule has 0 atom stereocenters. The SMILES string of the molecule is O=C(O)c1ccccc1-c1cnc(-c2c(F)cccc2Cl)[nH]1. The van der Waals surface area contributed by atoms with E-state index >= 15 is 0 Å². The molecule has 0 aliphatic rings. The summed E-state index contributed by atoms with van der Waals surface area (Å²) in [4.78, 5) is 18.3. The van der Waals surface area contributed by atoms with Crippen molar-refractivity contribution in [3.05, 3.63) is 65.1 Å². The molecule has 0 unspecified atom stereocenters. The van der Waals surface area contributed by atoms with Crippen molar-refractivity contribution < 1.29 is 14.3 Å². The van der Waals surface area contributed by atoms with Crippen molar-refractivity contribution in [1.29, 1.82) is 0 Å². The maximum Gasteiger partial charge on any atom is 0.336 e. The van der Waals surface area contributed by atoms with E-state index in [0.29, 0.717) is 11.3 Å². The first-order chi connectivity index (χ1) is 10.6. The van der Waals surface area contributed by atoms with E-state index in [4.69, 9.17) is 11.6 Å². The van der Waals surface area contributed by atoms with Gasteiger partial charge in [-0.15, -0.1) is 0 Å². The van der Waals surface area contributed by atoms with Crippen LogP contribution in [-0.4, -0.2) is 21.0 Å². The highest BCUT2D eigenvalue weighted by Crippen LogP contribution is 2.30. The minimum atomic E-state index is -1.05. The molecule has 0 saturated heterocycles. The molecule has 0 fully saturated rings. The largest absolute Gasteiger partial charge is 0.478 e. The minimum absolute atomic E-state index is 0.136. The zero-order valence-corrected chi connectivity index (χ0v) is 11.9. The molecule has 1 aromatic heterocycles. The number of nitrogens with one attached hydrogen (secondary N) is 1. The molecule has 0 aliphatic carbocycles. The Morgan fingerprint density at radius 1 is 1.18 bits per heavy atom. The summed E-state index contributed by atoms with van der Waals surface area (Å²) in [5.74, 6) is -1.30. The molecule has 0 radical (unpaired) electrons. The second kappa shape index (κ2) is 5.61. The van der Waals surface area contributed by atoms with Crippen molar-refractivity contribution in [2.75, 3.05) is 0 Å². The molecule has 3 aromatic rings. The number of H-pyrrole nitrogens is 1. The van der Waals surface area contributed by atoms with Crippen LogP contribution in [0.3, 0.4) is 0 Å². The lowest BCUT2D eigenvalue weighted by atomic mass is 10.1. The summed E-state index contributed by atoms with van der Waals surface area (Å²) in [6.45, 7) is 0. The molecule has 1 heterocycles. The Morgan fingerprint density at radius 2 is 1.95 bits per heavy atom. The van der Waals surface area contributed by atoms with Gasteiger partial charge in [-0.25, -0.2) is 14.2 Å². The highest BCUT2D eigenvalue weighted by molar-refractivity contribution is 6.33. The number of aromatic amines is 1. The molecule has 2 N–H and O–H groups in total. The van der Waals surface area contributed by atoms with Gasteiger partial charge in [-0.3, -0.25) is 0 Å². The summed E-state index contributed by atoms with van der Waals surface area (Å²) in [6, 6.07) is 10.9. The molecule has 0 aliphatic heterocycles. The van der Waals surface area contributed by atoms with Crippen molar-refractivity contribution in [3.8, 4) is 22.6 Å². The molecule has 0 spiro atoms. The first-order valence-electron chi connectivity index (χ1n) is 6.40. The number of rotatable bonds is 3. The van der Waals surface area contributed by atoms with Crippen LogP contribution in [0.5, 0.6) is 0 Å². The zero-order chi connectivity index (χ0) is 15.7. The third-order valence-corrected chi connectivity index (χ3v) is 3.54. The fraction of sp³-hybridized carbons (Fsp3) is 0. The fourth-order valence-electron chi connectivity index (χ4n) is 2.21. The van der Waals surface area contributed by atoms with E-state index in [1.165, 1.54) is 24.4 Å². The van der Waals surface area contributed by atoms with Crippen molar-refractivity contribution in [2.24, 2.45) is 0 Å². The number of carbonyl (C=O) groups is 1. The lowest BCUT2D eigenvalue weighted by molar-refractivity contribution is 0.0697. The van der Waals surface area contributed by atoms with Crippen LogP contribution in [0.1, 0.15) is 10.4 Å². The van der Waals surface area contributed by atoms with E-state index in [-0.39, 0.29) is 22.0 Å². The molecular weight excluding hydrogens is 307 g/mol. The summed E-state index contributed by atoms with van der Waals surface area (Å²) in [6.07, 6.45) is 1.46. The van der Waals surface area contributed by atoms with E-state index in [1.54, 1.807) is 24.3 Å². The van der Waals surface area contributed by atoms with Crippen molar-refractivity contribution in [2.45, 2.75) is 0 Å². The maximum absolute atomic E-state index is 13.9. The molecule has 0 bridgehead atoms. The van der Waals surface area contributed by atoms with E-state index in [0.717, 1.165) is 0 Å². The quantitative estimate of drug-likeness (QED) is 0.759. The average molecular weight is 317 g/mol. The number of halogens is 2. The molecular formula is C16H10ClFN2O2. The van der Waals surface area contributed by atoms with Gasteiger partial charge in [0.05, 0.1) is 28.0 Å². The number of imidazole rings is 1. The van der Waals surface area contributed by atoms with Gasteiger partial charge >= 0.3 is 5.97 Å². The van der Waals surface area contributed by atoms with Crippen LogP contribution in [0.25, 0.3) is 22.6 Å². The minimum Gasteiger partial charge on any atom is -0.478 e. The van der Waals surface area contributed by atoms with Crippen LogP contribution in [0, 0.1) is 5.82 Å². The second-order valence-corrected chi connectivity index (χ2v) is 5.00. The Morgan fingerprint density at radius 3 is 2.68 bits per heavy atom. The molecule has 0 saturated carbocycles. The highest BCUT2D eigenvalue weighted by atomic mass is 35.5. The van der Waals surface area contributed by atoms with E-state index in [1.807, 2.05) is 0 Å². The lowest BCUT2D eigenvalue weighted by Crippen LogP contribution is -1.99. The van der Waals surface area contributed by atoms with E-state index in [2.05, 4.69) is 9.97 Å². The van der Waals surface area contributed by atoms with Crippen molar-refractivity contribution >= 4 is 17.6 Å². The van der Waals surface area contributed by atoms with Gasteiger partial charge in [0.15, 0.2) is 0 Å². The van der Waals surface area contributed by atoms with Crippen molar-refractivity contribution in [3.63, 3.8) is 0 Å². The summed E-state index contributed by atoms with van der Waals surface area (Å²) < 4.78 is 13.9. The second-order valence-electron chi connectivity index (χ2n) is 4.59. The van der Waals surface area contributed by atoms with Gasteiger partial charge in [-0.05, 0) is 18.2 Å².